The Balaban J connectivity index is 1.83. The number of rotatable bonds is 12. The number of fused-ring (bicyclic) bond motifs is 1. The number of carbonyl (C=O) groups excluding carboxylic acids is 2. The molecule has 0 spiro atoms. The number of ketones is 1. The second-order valence-corrected chi connectivity index (χ2v) is 14.2. The molecule has 0 radical (unpaired) electrons. The van der Waals surface area contributed by atoms with E-state index in [9.17, 15) is 26.4 Å². The van der Waals surface area contributed by atoms with E-state index < -0.39 is 47.4 Å². The minimum absolute atomic E-state index is 0.117. The van der Waals surface area contributed by atoms with E-state index in [0.29, 0.717) is 17.5 Å². The largest absolute Gasteiger partial charge is 0.434 e. The Bertz CT molecular complexity index is 1720. The van der Waals surface area contributed by atoms with Gasteiger partial charge in [0, 0.05) is 0 Å². The van der Waals surface area contributed by atoms with Crippen molar-refractivity contribution in [2.45, 2.75) is 65.9 Å². The van der Waals surface area contributed by atoms with Crippen molar-refractivity contribution in [1.29, 1.82) is 0 Å². The second-order valence-electron chi connectivity index (χ2n) is 9.73. The van der Waals surface area contributed by atoms with Crippen LogP contribution in [0.4, 0.5) is 0 Å². The molecule has 0 fully saturated rings. The zero-order valence-corrected chi connectivity index (χ0v) is 24.6. The van der Waals surface area contributed by atoms with Crippen LogP contribution < -0.4 is 5.32 Å². The molecule has 41 heavy (non-hydrogen) atoms. The number of benzene rings is 3. The molecule has 11 heteroatoms. The molecule has 0 bridgehead atoms. The van der Waals surface area contributed by atoms with Gasteiger partial charge in [0.2, 0.25) is 11.7 Å². The number of oxazole rings is 1. The number of sulfone groups is 2. The topological polar surface area (TPSA) is 140 Å². The van der Waals surface area contributed by atoms with Crippen LogP contribution >= 0.6 is 0 Å². The average molecular weight is 597 g/mol. The molecular formula is C30H32N2O7S2. The van der Waals surface area contributed by atoms with E-state index in [4.69, 9.17) is 4.42 Å². The molecule has 0 saturated carbocycles. The summed E-state index contributed by atoms with van der Waals surface area (Å²) in [5.41, 5.74) is 0.837. The first-order valence-electron chi connectivity index (χ1n) is 13.3. The van der Waals surface area contributed by atoms with E-state index >= 15 is 0 Å². The molecule has 1 aromatic heterocycles. The molecule has 0 saturated heterocycles. The standard InChI is InChI=1S/C30H32N2O7S2/c1-4-14-25(27(33)28-31-24-19-12-13-20-26(24)39-28)32-29(34)30(5-2,41(37,38)23-17-10-7-11-18-23)21(3)40(35,36)22-15-8-6-9-16-22/h6-13,15-21,25H,4-5,14H2,1-3H3,(H,32,34)/t21?,25-,30?/m0/s1. The van der Waals surface area contributed by atoms with Crippen molar-refractivity contribution in [1.82, 2.24) is 10.3 Å². The van der Waals surface area contributed by atoms with Crippen molar-refractivity contribution >= 4 is 42.5 Å². The normalized spacial score (nSPS) is 15.1. The van der Waals surface area contributed by atoms with Crippen LogP contribution in [0, 0.1) is 0 Å². The van der Waals surface area contributed by atoms with Gasteiger partial charge < -0.3 is 9.73 Å². The molecule has 0 aliphatic heterocycles. The second kappa shape index (κ2) is 12.0. The Morgan fingerprint density at radius 1 is 0.854 bits per heavy atom. The number of nitrogens with one attached hydrogen (secondary N) is 1. The van der Waals surface area contributed by atoms with E-state index in [1.54, 1.807) is 43.3 Å². The smallest absolute Gasteiger partial charge is 0.266 e. The third-order valence-electron chi connectivity index (χ3n) is 7.34. The van der Waals surface area contributed by atoms with Crippen LogP contribution in [0.5, 0.6) is 0 Å². The van der Waals surface area contributed by atoms with Crippen LogP contribution in [0.2, 0.25) is 0 Å². The Labute approximate surface area is 239 Å². The van der Waals surface area contributed by atoms with Crippen LogP contribution in [0.3, 0.4) is 0 Å². The predicted molar refractivity (Wildman–Crippen MR) is 155 cm³/mol. The fourth-order valence-corrected chi connectivity index (χ4v) is 9.54. The maximum atomic E-state index is 14.3. The van der Waals surface area contributed by atoms with Gasteiger partial charge in [-0.2, -0.15) is 0 Å². The van der Waals surface area contributed by atoms with Gasteiger partial charge in [0.05, 0.1) is 21.1 Å². The Hall–Kier alpha value is -3.83. The highest BCUT2D eigenvalue weighted by Gasteiger charge is 2.59. The fraction of sp³-hybridized carbons (Fsp3) is 0.300. The maximum Gasteiger partial charge on any atom is 0.266 e. The third kappa shape index (κ3) is 5.43. The molecular weight excluding hydrogens is 564 g/mol. The molecule has 4 rings (SSSR count). The summed E-state index contributed by atoms with van der Waals surface area (Å²) >= 11 is 0. The van der Waals surface area contributed by atoms with Crippen LogP contribution in [-0.2, 0) is 24.5 Å². The lowest BCUT2D eigenvalue weighted by Gasteiger charge is -2.37. The number of nitrogens with zero attached hydrogens (tertiary/aromatic N) is 1. The SMILES string of the molecule is CCC[C@H](NC(=O)C(CC)(C(C)S(=O)(=O)c1ccccc1)S(=O)(=O)c1ccccc1)C(=O)c1nc2ccccc2o1. The minimum atomic E-state index is -4.62. The maximum absolute atomic E-state index is 14.3. The van der Waals surface area contributed by atoms with Crippen LogP contribution in [0.15, 0.2) is 99.1 Å². The summed E-state index contributed by atoms with van der Waals surface area (Å²) in [5, 5.41) is 0.887. The number of amides is 1. The average Bonchev–Trinajstić information content (AvgIpc) is 3.42. The first-order chi connectivity index (χ1) is 19.5. The summed E-state index contributed by atoms with van der Waals surface area (Å²) in [5.74, 6) is -1.96. The Morgan fingerprint density at radius 2 is 1.41 bits per heavy atom. The molecule has 3 atom stereocenters. The molecule has 1 amide bonds. The quantitative estimate of drug-likeness (QED) is 0.230. The van der Waals surface area contributed by atoms with E-state index in [1.165, 1.54) is 62.4 Å². The molecule has 4 aromatic rings. The lowest BCUT2D eigenvalue weighted by Crippen LogP contribution is -2.62. The van der Waals surface area contributed by atoms with Crippen molar-refractivity contribution in [3.8, 4) is 0 Å². The third-order valence-corrected chi connectivity index (χ3v) is 12.4. The molecule has 216 valence electrons. The van der Waals surface area contributed by atoms with Crippen molar-refractivity contribution in [3.63, 3.8) is 0 Å². The van der Waals surface area contributed by atoms with Crippen LogP contribution in [-0.4, -0.2) is 49.5 Å². The van der Waals surface area contributed by atoms with Gasteiger partial charge in [-0.3, -0.25) is 9.59 Å². The lowest BCUT2D eigenvalue weighted by molar-refractivity contribution is -0.124. The molecule has 1 heterocycles. The Morgan fingerprint density at radius 3 is 1.98 bits per heavy atom. The van der Waals surface area contributed by atoms with E-state index in [2.05, 4.69) is 10.3 Å². The highest BCUT2D eigenvalue weighted by molar-refractivity contribution is 7.97. The zero-order chi connectivity index (χ0) is 29.8. The van der Waals surface area contributed by atoms with Crippen molar-refractivity contribution < 1.29 is 30.8 Å². The van der Waals surface area contributed by atoms with Gasteiger partial charge in [-0.05, 0) is 56.2 Å². The van der Waals surface area contributed by atoms with Gasteiger partial charge >= 0.3 is 0 Å². The first-order valence-corrected chi connectivity index (χ1v) is 16.3. The summed E-state index contributed by atoms with van der Waals surface area (Å²) < 4.78 is 59.4. The summed E-state index contributed by atoms with van der Waals surface area (Å²) in [6, 6.07) is 20.2. The van der Waals surface area contributed by atoms with Crippen molar-refractivity contribution in [2.24, 2.45) is 0 Å². The minimum Gasteiger partial charge on any atom is -0.434 e. The van der Waals surface area contributed by atoms with Gasteiger partial charge in [0.25, 0.3) is 5.89 Å². The van der Waals surface area contributed by atoms with E-state index in [1.807, 2.05) is 0 Å². The Kier molecular flexibility index (Phi) is 8.79. The zero-order valence-electron chi connectivity index (χ0n) is 23.0. The molecule has 3 aromatic carbocycles. The molecule has 1 N–H and O–H groups in total. The van der Waals surface area contributed by atoms with Gasteiger partial charge in [-0.25, -0.2) is 21.8 Å². The van der Waals surface area contributed by atoms with E-state index in [0.717, 1.165) is 0 Å². The van der Waals surface area contributed by atoms with E-state index in [-0.39, 0.29) is 28.5 Å². The number of Topliss-reactive ketones (excluding diaryl/α,β-unsaturated/α-hetero) is 1. The highest BCUT2D eigenvalue weighted by Crippen LogP contribution is 2.38. The number of para-hydroxylation sites is 2. The van der Waals surface area contributed by atoms with Crippen molar-refractivity contribution in [3.05, 3.63) is 90.8 Å². The molecule has 0 aliphatic rings. The molecule has 2 unspecified atom stereocenters. The number of aromatic nitrogens is 1. The van der Waals surface area contributed by atoms with Crippen LogP contribution in [0.25, 0.3) is 11.1 Å². The number of hydrogen-bond acceptors (Lipinski definition) is 8. The van der Waals surface area contributed by atoms with Gasteiger partial charge in [-0.1, -0.05) is 68.8 Å². The highest BCUT2D eigenvalue weighted by atomic mass is 32.2. The lowest BCUT2D eigenvalue weighted by atomic mass is 9.98. The number of hydrogen-bond donors (Lipinski definition) is 1. The van der Waals surface area contributed by atoms with Gasteiger partial charge in [0.1, 0.15) is 5.52 Å². The van der Waals surface area contributed by atoms with Crippen LogP contribution in [0.1, 0.15) is 50.7 Å². The predicted octanol–water partition coefficient (Wildman–Crippen LogP) is 4.78. The molecule has 9 nitrogen and oxygen atoms in total. The van der Waals surface area contributed by atoms with Gasteiger partial charge in [-0.15, -0.1) is 0 Å². The monoisotopic (exact) mass is 596 g/mol. The number of carbonyl (C=O) groups is 2. The summed E-state index contributed by atoms with van der Waals surface area (Å²) in [6.45, 7) is 4.48. The van der Waals surface area contributed by atoms with Gasteiger partial charge in [0.15, 0.2) is 30.0 Å². The fourth-order valence-electron chi connectivity index (χ4n) is 5.00. The summed E-state index contributed by atoms with van der Waals surface area (Å²) in [6.07, 6.45) is 0.229. The molecule has 0 aliphatic carbocycles. The summed E-state index contributed by atoms with van der Waals surface area (Å²) in [7, 11) is -8.95. The first kappa shape index (κ1) is 30.1. The van der Waals surface area contributed by atoms with Crippen molar-refractivity contribution in [2.75, 3.05) is 0 Å². The summed E-state index contributed by atoms with van der Waals surface area (Å²) in [4.78, 5) is 31.7.